The lowest BCUT2D eigenvalue weighted by molar-refractivity contribution is -0.131. The van der Waals surface area contributed by atoms with E-state index >= 15 is 0 Å². The molecule has 0 spiro atoms. The topological polar surface area (TPSA) is 67.3 Å². The fraction of sp³-hybridized carbons (Fsp3) is 0.409. The smallest absolute Gasteiger partial charge is 0.224 e. The normalized spacial score (nSPS) is 14.3. The molecule has 7 heteroatoms. The van der Waals surface area contributed by atoms with Crippen molar-refractivity contribution >= 4 is 33.3 Å². The molecular formula is C22H26N4O2S. The minimum absolute atomic E-state index is 0.216. The maximum absolute atomic E-state index is 12.5. The second-order valence-corrected chi connectivity index (χ2v) is 8.09. The number of aromatic nitrogens is 2. The van der Waals surface area contributed by atoms with Gasteiger partial charge in [0.15, 0.2) is 5.82 Å². The monoisotopic (exact) mass is 410 g/mol. The third kappa shape index (κ3) is 4.57. The molecule has 6 nitrogen and oxygen atoms in total. The van der Waals surface area contributed by atoms with Crippen molar-refractivity contribution in [1.29, 1.82) is 0 Å². The highest BCUT2D eigenvalue weighted by Crippen LogP contribution is 2.37. The van der Waals surface area contributed by atoms with Crippen LogP contribution in [0.2, 0.25) is 0 Å². The molecule has 1 aliphatic heterocycles. The first-order chi connectivity index (χ1) is 14.3. The van der Waals surface area contributed by atoms with E-state index in [1.165, 1.54) is 6.42 Å². The lowest BCUT2D eigenvalue weighted by atomic mass is 10.1. The van der Waals surface area contributed by atoms with Gasteiger partial charge < -0.3 is 15.0 Å². The minimum atomic E-state index is 0.216. The summed E-state index contributed by atoms with van der Waals surface area (Å²) in [5.41, 5.74) is 2.24. The molecule has 29 heavy (non-hydrogen) atoms. The Morgan fingerprint density at radius 3 is 2.72 bits per heavy atom. The molecule has 2 aromatic heterocycles. The number of anilines is 1. The van der Waals surface area contributed by atoms with E-state index in [-0.39, 0.29) is 5.91 Å². The Balaban J connectivity index is 1.57. The Morgan fingerprint density at radius 1 is 1.17 bits per heavy atom. The number of ether oxygens (including phenoxy) is 1. The molecule has 1 saturated heterocycles. The van der Waals surface area contributed by atoms with Crippen LogP contribution in [0.4, 0.5) is 5.82 Å². The molecule has 0 radical (unpaired) electrons. The summed E-state index contributed by atoms with van der Waals surface area (Å²) in [7, 11) is 1.64. The summed E-state index contributed by atoms with van der Waals surface area (Å²) in [6.45, 7) is 2.68. The number of benzene rings is 1. The summed E-state index contributed by atoms with van der Waals surface area (Å²) in [5.74, 6) is 1.63. The Hall–Kier alpha value is -2.51. The molecule has 0 bridgehead atoms. The van der Waals surface area contributed by atoms with Crippen LogP contribution in [0.25, 0.3) is 21.3 Å². The fourth-order valence-corrected chi connectivity index (χ4v) is 4.69. The van der Waals surface area contributed by atoms with Crippen molar-refractivity contribution < 1.29 is 9.53 Å². The van der Waals surface area contributed by atoms with Crippen LogP contribution in [0.3, 0.4) is 0 Å². The molecule has 3 aromatic rings. The maximum atomic E-state index is 12.5. The number of nitrogens with one attached hydrogen (secondary N) is 1. The average Bonchev–Trinajstić information content (AvgIpc) is 3.19. The number of methoxy groups -OCH3 is 1. The van der Waals surface area contributed by atoms with Crippen molar-refractivity contribution in [3.63, 3.8) is 0 Å². The van der Waals surface area contributed by atoms with Crippen molar-refractivity contribution in [3.8, 4) is 11.1 Å². The predicted octanol–water partition coefficient (Wildman–Crippen LogP) is 4.32. The second-order valence-electron chi connectivity index (χ2n) is 7.24. The van der Waals surface area contributed by atoms with Crippen molar-refractivity contribution in [3.05, 3.63) is 41.5 Å². The van der Waals surface area contributed by atoms with E-state index in [1.807, 2.05) is 23.1 Å². The first kappa shape index (κ1) is 19.8. The number of hydrogen-bond donors (Lipinski definition) is 1. The Morgan fingerprint density at radius 2 is 1.97 bits per heavy atom. The van der Waals surface area contributed by atoms with Crippen molar-refractivity contribution in [2.24, 2.45) is 0 Å². The van der Waals surface area contributed by atoms with Crippen LogP contribution in [-0.4, -0.2) is 47.5 Å². The predicted molar refractivity (Wildman–Crippen MR) is 117 cm³/mol. The highest BCUT2D eigenvalue weighted by atomic mass is 32.1. The van der Waals surface area contributed by atoms with Gasteiger partial charge in [-0.2, -0.15) is 0 Å². The Labute approximate surface area is 174 Å². The van der Waals surface area contributed by atoms with Gasteiger partial charge in [0.05, 0.1) is 5.39 Å². The van der Waals surface area contributed by atoms with E-state index < -0.39 is 0 Å². The van der Waals surface area contributed by atoms with Gasteiger partial charge in [-0.25, -0.2) is 9.97 Å². The van der Waals surface area contributed by atoms with Gasteiger partial charge in [0.1, 0.15) is 17.3 Å². The lowest BCUT2D eigenvalue weighted by Crippen LogP contribution is -2.36. The third-order valence-electron chi connectivity index (χ3n) is 5.18. The summed E-state index contributed by atoms with van der Waals surface area (Å²) < 4.78 is 5.24. The van der Waals surface area contributed by atoms with Crippen LogP contribution < -0.4 is 5.32 Å². The van der Waals surface area contributed by atoms with Crippen molar-refractivity contribution in [1.82, 2.24) is 14.9 Å². The molecule has 1 fully saturated rings. The molecule has 0 aliphatic carbocycles. The number of hydrogen-bond acceptors (Lipinski definition) is 6. The number of amides is 1. The number of nitrogens with zero attached hydrogens (tertiary/aromatic N) is 3. The highest BCUT2D eigenvalue weighted by molar-refractivity contribution is 7.17. The number of thiophene rings is 1. The van der Waals surface area contributed by atoms with Crippen LogP contribution in [0.1, 0.15) is 31.5 Å². The van der Waals surface area contributed by atoms with Gasteiger partial charge in [0.25, 0.3) is 0 Å². The van der Waals surface area contributed by atoms with E-state index in [2.05, 4.69) is 27.8 Å². The largest absolute Gasteiger partial charge is 0.377 e. The zero-order valence-corrected chi connectivity index (χ0v) is 17.5. The van der Waals surface area contributed by atoms with Gasteiger partial charge in [0.2, 0.25) is 5.91 Å². The van der Waals surface area contributed by atoms with Gasteiger partial charge in [-0.15, -0.1) is 11.3 Å². The number of fused-ring (bicyclic) bond motifs is 1. The molecular weight excluding hydrogens is 384 g/mol. The molecule has 0 atom stereocenters. The van der Waals surface area contributed by atoms with Crippen LogP contribution in [-0.2, 0) is 16.1 Å². The van der Waals surface area contributed by atoms with E-state index in [1.54, 1.807) is 18.4 Å². The molecule has 1 N–H and O–H groups in total. The first-order valence-electron chi connectivity index (χ1n) is 10.1. The van der Waals surface area contributed by atoms with Gasteiger partial charge in [-0.1, -0.05) is 30.3 Å². The average molecular weight is 411 g/mol. The summed E-state index contributed by atoms with van der Waals surface area (Å²) in [5, 5.41) is 6.53. The molecule has 3 heterocycles. The molecule has 4 rings (SSSR count). The van der Waals surface area contributed by atoms with Crippen LogP contribution in [0.15, 0.2) is 35.7 Å². The SMILES string of the molecule is COCc1nc(NCCC(=O)N2CCCCC2)c2c(-c3ccccc3)csc2n1. The molecule has 1 aliphatic rings. The van der Waals surface area contributed by atoms with Crippen LogP contribution >= 0.6 is 11.3 Å². The van der Waals surface area contributed by atoms with Crippen LogP contribution in [0.5, 0.6) is 0 Å². The van der Waals surface area contributed by atoms with Gasteiger partial charge in [-0.05, 0) is 24.8 Å². The minimum Gasteiger partial charge on any atom is -0.377 e. The molecule has 1 aromatic carbocycles. The van der Waals surface area contributed by atoms with Gasteiger partial charge in [-0.3, -0.25) is 4.79 Å². The number of carbonyl (C=O) groups is 1. The molecule has 152 valence electrons. The lowest BCUT2D eigenvalue weighted by Gasteiger charge is -2.26. The molecule has 0 saturated carbocycles. The zero-order chi connectivity index (χ0) is 20.1. The number of carbonyl (C=O) groups excluding carboxylic acids is 1. The summed E-state index contributed by atoms with van der Waals surface area (Å²) in [6.07, 6.45) is 3.92. The maximum Gasteiger partial charge on any atom is 0.224 e. The quantitative estimate of drug-likeness (QED) is 0.628. The third-order valence-corrected chi connectivity index (χ3v) is 6.05. The van der Waals surface area contributed by atoms with Gasteiger partial charge >= 0.3 is 0 Å². The standard InChI is InChI=1S/C22H26N4O2S/c1-28-14-18-24-21(23-11-10-19(27)26-12-6-3-7-13-26)20-17(15-29-22(20)25-18)16-8-4-2-5-9-16/h2,4-5,8-9,15H,3,6-7,10-14H2,1H3,(H,23,24,25). The summed E-state index contributed by atoms with van der Waals surface area (Å²) in [4.78, 5) is 24.8. The van der Waals surface area contributed by atoms with Crippen molar-refractivity contribution in [2.75, 3.05) is 32.1 Å². The Bertz CT molecular complexity index is 968. The first-order valence-corrected chi connectivity index (χ1v) is 11.0. The zero-order valence-electron chi connectivity index (χ0n) is 16.7. The highest BCUT2D eigenvalue weighted by Gasteiger charge is 2.18. The van der Waals surface area contributed by atoms with Crippen LogP contribution in [0, 0.1) is 0 Å². The fourth-order valence-electron chi connectivity index (χ4n) is 3.73. The summed E-state index contributed by atoms with van der Waals surface area (Å²) >= 11 is 1.60. The second kappa shape index (κ2) is 9.33. The van der Waals surface area contributed by atoms with E-state index in [0.717, 1.165) is 53.1 Å². The molecule has 0 unspecified atom stereocenters. The van der Waals surface area contributed by atoms with Gasteiger partial charge in [0, 0.05) is 44.1 Å². The molecule has 1 amide bonds. The van der Waals surface area contributed by atoms with Crippen molar-refractivity contribution in [2.45, 2.75) is 32.3 Å². The number of piperidine rings is 1. The number of likely N-dealkylation sites (tertiary alicyclic amines) is 1. The Kier molecular flexibility index (Phi) is 6.36. The van der Waals surface area contributed by atoms with E-state index in [0.29, 0.717) is 25.4 Å². The number of rotatable bonds is 7. The van der Waals surface area contributed by atoms with E-state index in [4.69, 9.17) is 9.72 Å². The van der Waals surface area contributed by atoms with E-state index in [9.17, 15) is 4.79 Å². The summed E-state index contributed by atoms with van der Waals surface area (Å²) in [6, 6.07) is 10.3.